The van der Waals surface area contributed by atoms with Gasteiger partial charge in [0.15, 0.2) is 0 Å². The number of hydrogen-bond acceptors (Lipinski definition) is 3. The van der Waals surface area contributed by atoms with E-state index in [1.54, 1.807) is 7.11 Å². The van der Waals surface area contributed by atoms with E-state index in [0.29, 0.717) is 13.2 Å². The molecule has 0 radical (unpaired) electrons. The minimum atomic E-state index is 0.256. The fourth-order valence-electron chi connectivity index (χ4n) is 1.06. The topological polar surface area (TPSA) is 42.2 Å². The molecular weight excluding hydrogens is 202 g/mol. The van der Waals surface area contributed by atoms with Crippen molar-refractivity contribution in [3.63, 3.8) is 0 Å². The summed E-state index contributed by atoms with van der Waals surface area (Å²) < 4.78 is 10.3. The van der Waals surface area contributed by atoms with Crippen molar-refractivity contribution in [1.82, 2.24) is 0 Å². The fourth-order valence-corrected chi connectivity index (χ4v) is 1.06. The Balaban J connectivity index is 2.49. The Hall–Kier alpha value is -1.97. The molecule has 0 bridgehead atoms. The van der Waals surface area contributed by atoms with Crippen LogP contribution in [0.4, 0.5) is 0 Å². The van der Waals surface area contributed by atoms with E-state index in [1.165, 1.54) is 0 Å². The molecule has 0 amide bonds. The van der Waals surface area contributed by atoms with Gasteiger partial charge in [0.25, 0.3) is 0 Å². The van der Waals surface area contributed by atoms with Gasteiger partial charge in [-0.15, -0.1) is 0 Å². The molecular formula is C13H13NO2. The molecule has 0 unspecified atom stereocenters. The van der Waals surface area contributed by atoms with Gasteiger partial charge in [-0.3, -0.25) is 0 Å². The molecule has 0 aliphatic heterocycles. The minimum absolute atomic E-state index is 0.256. The van der Waals surface area contributed by atoms with Gasteiger partial charge in [-0.2, -0.15) is 5.26 Å². The Labute approximate surface area is 95.6 Å². The summed E-state index contributed by atoms with van der Waals surface area (Å²) in [5, 5.41) is 8.32. The lowest BCUT2D eigenvalue weighted by molar-refractivity contribution is 0.146. The molecule has 0 aromatic heterocycles. The monoisotopic (exact) mass is 215 g/mol. The third kappa shape index (κ3) is 4.50. The van der Waals surface area contributed by atoms with Crippen LogP contribution in [0.1, 0.15) is 12.0 Å². The van der Waals surface area contributed by atoms with Crippen LogP contribution in [0.2, 0.25) is 0 Å². The summed E-state index contributed by atoms with van der Waals surface area (Å²) in [6, 6.07) is 9.41. The molecule has 0 atom stereocenters. The molecule has 0 N–H and O–H groups in total. The van der Waals surface area contributed by atoms with E-state index in [9.17, 15) is 0 Å². The maximum Gasteiger partial charge on any atom is 0.119 e. The van der Waals surface area contributed by atoms with Gasteiger partial charge in [0.05, 0.1) is 19.1 Å². The SMILES string of the molecule is COCCOc1ccc(C#CCC#N)cc1. The predicted molar refractivity (Wildman–Crippen MR) is 60.9 cm³/mol. The molecule has 16 heavy (non-hydrogen) atoms. The smallest absolute Gasteiger partial charge is 0.119 e. The lowest BCUT2D eigenvalue weighted by Crippen LogP contribution is -2.03. The second-order valence-corrected chi connectivity index (χ2v) is 3.00. The largest absolute Gasteiger partial charge is 0.491 e. The first kappa shape index (κ1) is 12.1. The van der Waals surface area contributed by atoms with E-state index in [1.807, 2.05) is 30.3 Å². The highest BCUT2D eigenvalue weighted by molar-refractivity contribution is 5.38. The summed E-state index contributed by atoms with van der Waals surface area (Å²) in [5.41, 5.74) is 0.884. The number of methoxy groups -OCH3 is 1. The maximum atomic E-state index is 8.32. The van der Waals surface area contributed by atoms with Gasteiger partial charge < -0.3 is 9.47 Å². The zero-order chi connectivity index (χ0) is 11.6. The summed E-state index contributed by atoms with van der Waals surface area (Å²) >= 11 is 0. The highest BCUT2D eigenvalue weighted by Gasteiger charge is 1.92. The lowest BCUT2D eigenvalue weighted by atomic mass is 10.2. The quantitative estimate of drug-likeness (QED) is 0.569. The van der Waals surface area contributed by atoms with Crippen molar-refractivity contribution >= 4 is 0 Å². The van der Waals surface area contributed by atoms with Crippen LogP contribution in [0.5, 0.6) is 5.75 Å². The molecule has 1 aromatic carbocycles. The summed E-state index contributed by atoms with van der Waals surface area (Å²) in [6.45, 7) is 1.11. The Bertz CT molecular complexity index is 406. The third-order valence-corrected chi connectivity index (χ3v) is 1.81. The number of rotatable bonds is 4. The normalized spacial score (nSPS) is 8.75. The average molecular weight is 215 g/mol. The number of benzene rings is 1. The van der Waals surface area contributed by atoms with E-state index in [0.717, 1.165) is 11.3 Å². The second kappa shape index (κ2) is 7.34. The zero-order valence-electron chi connectivity index (χ0n) is 9.19. The highest BCUT2D eigenvalue weighted by atomic mass is 16.5. The van der Waals surface area contributed by atoms with Crippen molar-refractivity contribution in [2.24, 2.45) is 0 Å². The predicted octanol–water partition coefficient (Wildman–Crippen LogP) is 1.98. The molecule has 3 nitrogen and oxygen atoms in total. The Morgan fingerprint density at radius 1 is 1.19 bits per heavy atom. The summed E-state index contributed by atoms with van der Waals surface area (Å²) in [7, 11) is 1.64. The Morgan fingerprint density at radius 3 is 2.56 bits per heavy atom. The summed E-state index contributed by atoms with van der Waals surface area (Å²) in [6.07, 6.45) is 0.256. The van der Waals surface area contributed by atoms with E-state index >= 15 is 0 Å². The Kier molecular flexibility index (Phi) is 5.55. The molecule has 0 fully saturated rings. The molecule has 82 valence electrons. The molecule has 0 saturated carbocycles. The van der Waals surface area contributed by atoms with Gasteiger partial charge in [0, 0.05) is 12.7 Å². The third-order valence-electron chi connectivity index (χ3n) is 1.81. The lowest BCUT2D eigenvalue weighted by Gasteiger charge is -2.04. The summed E-state index contributed by atoms with van der Waals surface area (Å²) in [4.78, 5) is 0. The average Bonchev–Trinajstić information content (AvgIpc) is 2.32. The van der Waals surface area contributed by atoms with Gasteiger partial charge in [0.1, 0.15) is 12.4 Å². The van der Waals surface area contributed by atoms with Crippen molar-refractivity contribution in [3.8, 4) is 23.7 Å². The van der Waals surface area contributed by atoms with E-state index in [-0.39, 0.29) is 6.42 Å². The van der Waals surface area contributed by atoms with Crippen LogP contribution in [0, 0.1) is 23.2 Å². The van der Waals surface area contributed by atoms with Crippen molar-refractivity contribution in [2.75, 3.05) is 20.3 Å². The number of ether oxygens (including phenoxy) is 2. The minimum Gasteiger partial charge on any atom is -0.491 e. The first-order chi connectivity index (χ1) is 7.86. The van der Waals surface area contributed by atoms with Crippen LogP contribution in [0.25, 0.3) is 0 Å². The van der Waals surface area contributed by atoms with Gasteiger partial charge in [-0.05, 0) is 24.3 Å². The summed E-state index contributed by atoms with van der Waals surface area (Å²) in [5.74, 6) is 6.43. The number of nitrogens with zero attached hydrogens (tertiary/aromatic N) is 1. The van der Waals surface area contributed by atoms with Crippen molar-refractivity contribution in [3.05, 3.63) is 29.8 Å². The van der Waals surface area contributed by atoms with Crippen LogP contribution in [-0.4, -0.2) is 20.3 Å². The molecule has 1 rings (SSSR count). The Morgan fingerprint density at radius 2 is 1.94 bits per heavy atom. The molecule has 0 heterocycles. The van der Waals surface area contributed by atoms with Crippen molar-refractivity contribution in [1.29, 1.82) is 5.26 Å². The van der Waals surface area contributed by atoms with Crippen LogP contribution >= 0.6 is 0 Å². The van der Waals surface area contributed by atoms with Gasteiger partial charge in [-0.25, -0.2) is 0 Å². The first-order valence-corrected chi connectivity index (χ1v) is 4.94. The van der Waals surface area contributed by atoms with Crippen LogP contribution in [0.15, 0.2) is 24.3 Å². The molecule has 3 heteroatoms. The van der Waals surface area contributed by atoms with Gasteiger partial charge in [-0.1, -0.05) is 11.8 Å². The number of nitriles is 1. The zero-order valence-corrected chi connectivity index (χ0v) is 9.19. The number of hydrogen-bond donors (Lipinski definition) is 0. The van der Waals surface area contributed by atoms with Crippen LogP contribution < -0.4 is 4.74 Å². The van der Waals surface area contributed by atoms with Crippen LogP contribution in [-0.2, 0) is 4.74 Å². The molecule has 0 saturated heterocycles. The standard InChI is InChI=1S/C13H13NO2/c1-15-10-11-16-13-7-5-12(6-8-13)4-2-3-9-14/h5-8H,3,10-11H2,1H3. The molecule has 1 aromatic rings. The first-order valence-electron chi connectivity index (χ1n) is 4.94. The molecule has 0 aliphatic carbocycles. The molecule has 0 aliphatic rings. The van der Waals surface area contributed by atoms with E-state index in [2.05, 4.69) is 11.8 Å². The van der Waals surface area contributed by atoms with Crippen LogP contribution in [0.3, 0.4) is 0 Å². The van der Waals surface area contributed by atoms with Crippen molar-refractivity contribution < 1.29 is 9.47 Å². The molecule has 0 spiro atoms. The van der Waals surface area contributed by atoms with E-state index in [4.69, 9.17) is 14.7 Å². The second-order valence-electron chi connectivity index (χ2n) is 3.00. The van der Waals surface area contributed by atoms with Crippen molar-refractivity contribution in [2.45, 2.75) is 6.42 Å². The van der Waals surface area contributed by atoms with Gasteiger partial charge >= 0.3 is 0 Å². The van der Waals surface area contributed by atoms with E-state index < -0.39 is 0 Å². The fraction of sp³-hybridized carbons (Fsp3) is 0.308. The van der Waals surface area contributed by atoms with Gasteiger partial charge in [0.2, 0.25) is 0 Å². The maximum absolute atomic E-state index is 8.32. The highest BCUT2D eigenvalue weighted by Crippen LogP contribution is 2.11.